The molecule has 1 N–H and O–H groups in total. The zero-order valence-electron chi connectivity index (χ0n) is 22.9. The van der Waals surface area contributed by atoms with Crippen molar-refractivity contribution in [3.63, 3.8) is 0 Å². The van der Waals surface area contributed by atoms with E-state index in [2.05, 4.69) is 12.0 Å². The molecule has 2 aliphatic rings. The number of nitrogens with zero attached hydrogens (tertiary/aromatic N) is 3. The van der Waals surface area contributed by atoms with Crippen molar-refractivity contribution in [1.29, 1.82) is 0 Å². The Bertz CT molecular complexity index is 1210. The van der Waals surface area contributed by atoms with Crippen molar-refractivity contribution in [2.75, 3.05) is 13.1 Å². The molecule has 0 aliphatic heterocycles. The Morgan fingerprint density at radius 1 is 1.10 bits per heavy atom. The minimum Gasteiger partial charge on any atom is -0.481 e. The highest BCUT2D eigenvalue weighted by atomic mass is 35.5. The van der Waals surface area contributed by atoms with Crippen molar-refractivity contribution in [1.82, 2.24) is 14.7 Å². The van der Waals surface area contributed by atoms with Gasteiger partial charge in [-0.15, -0.1) is 0 Å². The van der Waals surface area contributed by atoms with E-state index in [1.54, 1.807) is 12.1 Å². The Morgan fingerprint density at radius 2 is 1.70 bits per heavy atom. The lowest BCUT2D eigenvalue weighted by atomic mass is 9.75. The molecular formula is C29H36Cl2F3N3O3. The van der Waals surface area contributed by atoms with Crippen molar-refractivity contribution < 1.29 is 27.9 Å². The lowest BCUT2D eigenvalue weighted by Crippen LogP contribution is -2.42. The topological polar surface area (TPSA) is 75.4 Å². The molecule has 1 aromatic heterocycles. The second-order valence-corrected chi connectivity index (χ2v) is 12.6. The van der Waals surface area contributed by atoms with Crippen LogP contribution in [0.3, 0.4) is 0 Å². The number of carbonyl (C=O) groups is 2. The van der Waals surface area contributed by atoms with Crippen LogP contribution in [0.25, 0.3) is 0 Å². The molecule has 1 heterocycles. The third-order valence-corrected chi connectivity index (χ3v) is 9.20. The summed E-state index contributed by atoms with van der Waals surface area (Å²) < 4.78 is 44.4. The van der Waals surface area contributed by atoms with Gasteiger partial charge in [0.15, 0.2) is 5.69 Å². The number of hydrogen-bond donors (Lipinski definition) is 1. The number of carboxylic acid groups (broad SMARTS) is 1. The number of rotatable bonds is 8. The van der Waals surface area contributed by atoms with Crippen molar-refractivity contribution in [3.05, 3.63) is 50.8 Å². The fourth-order valence-electron chi connectivity index (χ4n) is 6.31. The molecule has 1 aromatic carbocycles. The lowest BCUT2D eigenvalue weighted by molar-refractivity contribution is -0.147. The molecule has 6 nitrogen and oxygen atoms in total. The van der Waals surface area contributed by atoms with Crippen LogP contribution in [0.15, 0.2) is 18.3 Å². The van der Waals surface area contributed by atoms with E-state index in [-0.39, 0.29) is 37.6 Å². The molecule has 0 bridgehead atoms. The second-order valence-electron chi connectivity index (χ2n) is 11.7. The van der Waals surface area contributed by atoms with Gasteiger partial charge in [0.25, 0.3) is 5.91 Å². The van der Waals surface area contributed by atoms with Gasteiger partial charge in [-0.05, 0) is 80.5 Å². The number of aromatic nitrogens is 2. The van der Waals surface area contributed by atoms with Crippen LogP contribution >= 0.6 is 23.2 Å². The van der Waals surface area contributed by atoms with Crippen molar-refractivity contribution >= 4 is 35.1 Å². The highest BCUT2D eigenvalue weighted by Gasteiger charge is 2.44. The molecule has 11 heteroatoms. The predicted octanol–water partition coefficient (Wildman–Crippen LogP) is 7.99. The number of aryl methyl sites for hydroxylation is 1. The van der Waals surface area contributed by atoms with E-state index < -0.39 is 41.3 Å². The fraction of sp³-hybridized carbons (Fsp3) is 0.621. The van der Waals surface area contributed by atoms with Crippen LogP contribution < -0.4 is 0 Å². The van der Waals surface area contributed by atoms with Crippen molar-refractivity contribution in [2.24, 2.45) is 11.3 Å². The third-order valence-electron chi connectivity index (χ3n) is 8.52. The third kappa shape index (κ3) is 6.96. The zero-order chi connectivity index (χ0) is 29.2. The van der Waals surface area contributed by atoms with Gasteiger partial charge in [0.2, 0.25) is 0 Å². The van der Waals surface area contributed by atoms with E-state index in [4.69, 9.17) is 23.2 Å². The van der Waals surface area contributed by atoms with Crippen LogP contribution in [0, 0.1) is 18.3 Å². The number of alkyl halides is 3. The van der Waals surface area contributed by atoms with Crippen LogP contribution in [0.4, 0.5) is 13.2 Å². The van der Waals surface area contributed by atoms with Gasteiger partial charge in [0.1, 0.15) is 0 Å². The molecular weight excluding hydrogens is 566 g/mol. The number of benzene rings is 1. The monoisotopic (exact) mass is 601 g/mol. The minimum absolute atomic E-state index is 0.156. The van der Waals surface area contributed by atoms with Gasteiger partial charge in [-0.25, -0.2) is 0 Å². The summed E-state index contributed by atoms with van der Waals surface area (Å²) in [6, 6.07) is 2.94. The summed E-state index contributed by atoms with van der Waals surface area (Å²) in [7, 11) is 0. The molecule has 0 radical (unpaired) electrons. The SMILES string of the molecule is Cc1cc(Cl)c(CCN(CC2(C)CCCCC2)C(=O)c2cnn(C3CCC(C(=O)O)CC3)c2C(F)(F)F)c(Cl)c1. The molecule has 2 fully saturated rings. The second kappa shape index (κ2) is 12.3. The Kier molecular flexibility index (Phi) is 9.45. The molecule has 2 aliphatic carbocycles. The van der Waals surface area contributed by atoms with Crippen LogP contribution in [0.5, 0.6) is 0 Å². The first kappa shape index (κ1) is 30.7. The van der Waals surface area contributed by atoms with E-state index in [1.165, 1.54) is 4.90 Å². The Hall–Kier alpha value is -2.26. The number of carboxylic acids is 1. The quantitative estimate of drug-likeness (QED) is 0.333. The molecule has 0 atom stereocenters. The number of hydrogen-bond acceptors (Lipinski definition) is 3. The summed E-state index contributed by atoms with van der Waals surface area (Å²) in [4.78, 5) is 26.8. The van der Waals surface area contributed by atoms with Gasteiger partial charge in [-0.2, -0.15) is 18.3 Å². The van der Waals surface area contributed by atoms with Gasteiger partial charge < -0.3 is 10.0 Å². The lowest BCUT2D eigenvalue weighted by Gasteiger charge is -2.38. The molecule has 220 valence electrons. The Morgan fingerprint density at radius 3 is 2.25 bits per heavy atom. The van der Waals surface area contributed by atoms with E-state index >= 15 is 0 Å². The predicted molar refractivity (Wildman–Crippen MR) is 148 cm³/mol. The first-order valence-corrected chi connectivity index (χ1v) is 14.7. The highest BCUT2D eigenvalue weighted by Crippen LogP contribution is 2.41. The van der Waals surface area contributed by atoms with E-state index in [9.17, 15) is 27.9 Å². The zero-order valence-corrected chi connectivity index (χ0v) is 24.4. The largest absolute Gasteiger partial charge is 0.481 e. The van der Waals surface area contributed by atoms with Gasteiger partial charge in [-0.3, -0.25) is 14.3 Å². The molecule has 2 aromatic rings. The smallest absolute Gasteiger partial charge is 0.433 e. The average Bonchev–Trinajstić information content (AvgIpc) is 3.33. The first-order valence-electron chi connectivity index (χ1n) is 13.9. The molecule has 40 heavy (non-hydrogen) atoms. The van der Waals surface area contributed by atoms with Crippen molar-refractivity contribution in [2.45, 2.75) is 90.3 Å². The van der Waals surface area contributed by atoms with Crippen LogP contribution in [-0.4, -0.2) is 44.8 Å². The number of amides is 1. The maximum Gasteiger partial charge on any atom is 0.433 e. The molecule has 1 amide bonds. The summed E-state index contributed by atoms with van der Waals surface area (Å²) in [5, 5.41) is 14.3. The summed E-state index contributed by atoms with van der Waals surface area (Å²) in [6.07, 6.45) is 2.46. The number of halogens is 5. The van der Waals surface area contributed by atoms with Gasteiger partial charge in [0, 0.05) is 23.1 Å². The minimum atomic E-state index is -4.81. The van der Waals surface area contributed by atoms with E-state index in [0.29, 0.717) is 28.6 Å². The first-order chi connectivity index (χ1) is 18.8. The summed E-state index contributed by atoms with van der Waals surface area (Å²) in [5.41, 5.74) is -0.211. The maximum atomic E-state index is 14.5. The fourth-order valence-corrected chi connectivity index (χ4v) is 7.09. The summed E-state index contributed by atoms with van der Waals surface area (Å²) in [5.74, 6) is -2.23. The normalized spacial score (nSPS) is 21.3. The van der Waals surface area contributed by atoms with Crippen LogP contribution in [0.1, 0.15) is 97.9 Å². The maximum absolute atomic E-state index is 14.5. The standard InChI is InChI=1S/C29H36Cl2F3N3O3/c1-18-14-23(30)21(24(31)15-18)10-13-36(17-28(2)11-4-3-5-12-28)26(38)22-16-35-37(25(22)29(32,33)34)20-8-6-19(7-9-20)27(39)40/h14-16,19-20H,3-13,17H2,1-2H3,(H,39,40). The van der Waals surface area contributed by atoms with Crippen LogP contribution in [0.2, 0.25) is 10.0 Å². The van der Waals surface area contributed by atoms with Crippen molar-refractivity contribution in [3.8, 4) is 0 Å². The highest BCUT2D eigenvalue weighted by molar-refractivity contribution is 6.36. The van der Waals surface area contributed by atoms with E-state index in [1.807, 2.05) is 6.92 Å². The molecule has 0 spiro atoms. The molecule has 0 saturated heterocycles. The van der Waals surface area contributed by atoms with Gasteiger partial charge in [-0.1, -0.05) is 49.4 Å². The van der Waals surface area contributed by atoms with Crippen LogP contribution in [-0.2, 0) is 17.4 Å². The average molecular weight is 603 g/mol. The van der Waals surface area contributed by atoms with Gasteiger partial charge >= 0.3 is 12.1 Å². The Labute approximate surface area is 242 Å². The number of carbonyl (C=O) groups excluding carboxylic acids is 1. The Balaban J connectivity index is 1.65. The molecule has 4 rings (SSSR count). The molecule has 0 unspecified atom stereocenters. The summed E-state index contributed by atoms with van der Waals surface area (Å²) in [6.45, 7) is 4.43. The number of aliphatic carboxylic acids is 1. The van der Waals surface area contributed by atoms with E-state index in [0.717, 1.165) is 48.5 Å². The molecule has 2 saturated carbocycles. The summed E-state index contributed by atoms with van der Waals surface area (Å²) >= 11 is 12.9. The van der Waals surface area contributed by atoms with Gasteiger partial charge in [0.05, 0.1) is 23.7 Å².